The fraction of sp³-hybridized carbons (Fsp3) is 0.235. The third-order valence-electron chi connectivity index (χ3n) is 3.12. The summed E-state index contributed by atoms with van der Waals surface area (Å²) in [4.78, 5) is 11.7. The fourth-order valence-electron chi connectivity index (χ4n) is 2.00. The molecule has 2 aromatic rings. The van der Waals surface area contributed by atoms with Gasteiger partial charge in [0.1, 0.15) is 5.82 Å². The summed E-state index contributed by atoms with van der Waals surface area (Å²) in [7, 11) is 0. The van der Waals surface area contributed by atoms with Gasteiger partial charge in [-0.1, -0.05) is 24.3 Å². The molecule has 0 saturated heterocycles. The normalized spacial score (nSPS) is 10.2. The Morgan fingerprint density at radius 2 is 1.90 bits per heavy atom. The number of rotatable bonds is 6. The van der Waals surface area contributed by atoms with Crippen LogP contribution in [0, 0.1) is 12.7 Å². The average Bonchev–Trinajstić information content (AvgIpc) is 2.47. The Balaban J connectivity index is 1.69. The number of benzene rings is 2. The lowest BCUT2D eigenvalue weighted by Crippen LogP contribution is -2.31. The highest BCUT2D eigenvalue weighted by Crippen LogP contribution is 2.08. The quantitative estimate of drug-likeness (QED) is 0.857. The second-order valence-electron chi connectivity index (χ2n) is 4.95. The van der Waals surface area contributed by atoms with Crippen LogP contribution in [0.2, 0.25) is 0 Å². The van der Waals surface area contributed by atoms with E-state index in [-0.39, 0.29) is 18.3 Å². The van der Waals surface area contributed by atoms with E-state index in [0.717, 1.165) is 16.8 Å². The topological polar surface area (TPSA) is 41.1 Å². The van der Waals surface area contributed by atoms with E-state index in [1.807, 2.05) is 31.2 Å². The highest BCUT2D eigenvalue weighted by atomic mass is 19.1. The Labute approximate surface area is 124 Å². The van der Waals surface area contributed by atoms with E-state index >= 15 is 0 Å². The van der Waals surface area contributed by atoms with Gasteiger partial charge in [-0.25, -0.2) is 4.39 Å². The van der Waals surface area contributed by atoms with E-state index < -0.39 is 0 Å². The third-order valence-corrected chi connectivity index (χ3v) is 3.12. The lowest BCUT2D eigenvalue weighted by Gasteiger charge is -2.08. The van der Waals surface area contributed by atoms with Crippen LogP contribution in [0.25, 0.3) is 0 Å². The first-order valence-electron chi connectivity index (χ1n) is 6.95. The van der Waals surface area contributed by atoms with Gasteiger partial charge in [0.15, 0.2) is 0 Å². The largest absolute Gasteiger partial charge is 0.376 e. The minimum atomic E-state index is -0.245. The minimum Gasteiger partial charge on any atom is -0.376 e. The minimum absolute atomic E-state index is 0.0568. The number of anilines is 1. The van der Waals surface area contributed by atoms with Crippen LogP contribution in [0.4, 0.5) is 10.1 Å². The maximum atomic E-state index is 12.7. The predicted octanol–water partition coefficient (Wildman–Crippen LogP) is 2.90. The number of aryl methyl sites for hydroxylation is 1. The molecule has 21 heavy (non-hydrogen) atoms. The average molecular weight is 286 g/mol. The van der Waals surface area contributed by atoms with E-state index in [2.05, 4.69) is 10.6 Å². The molecule has 4 heteroatoms. The summed E-state index contributed by atoms with van der Waals surface area (Å²) in [6, 6.07) is 14.2. The monoisotopic (exact) mass is 286 g/mol. The first kappa shape index (κ1) is 15.0. The van der Waals surface area contributed by atoms with Crippen molar-refractivity contribution in [2.24, 2.45) is 0 Å². The molecule has 0 aliphatic rings. The summed E-state index contributed by atoms with van der Waals surface area (Å²) in [5.74, 6) is -0.302. The lowest BCUT2D eigenvalue weighted by molar-refractivity contribution is -0.119. The van der Waals surface area contributed by atoms with E-state index in [1.165, 1.54) is 12.1 Å². The molecule has 0 aliphatic carbocycles. The zero-order chi connectivity index (χ0) is 15.1. The molecule has 0 unspecified atom stereocenters. The standard InChI is InChI=1S/C17H19FN2O/c1-13-3-2-4-16(11-13)20-12-17(21)19-10-9-14-5-7-15(18)8-6-14/h2-8,11,20H,9-10,12H2,1H3,(H,19,21). The first-order valence-corrected chi connectivity index (χ1v) is 6.95. The van der Waals surface area contributed by atoms with Gasteiger partial charge < -0.3 is 10.6 Å². The molecular formula is C17H19FN2O. The van der Waals surface area contributed by atoms with Crippen LogP contribution in [0.1, 0.15) is 11.1 Å². The second kappa shape index (κ2) is 7.43. The maximum absolute atomic E-state index is 12.7. The molecule has 2 N–H and O–H groups in total. The summed E-state index contributed by atoms with van der Waals surface area (Å²) in [5.41, 5.74) is 3.09. The fourth-order valence-corrected chi connectivity index (χ4v) is 2.00. The predicted molar refractivity (Wildman–Crippen MR) is 82.8 cm³/mol. The maximum Gasteiger partial charge on any atom is 0.239 e. The van der Waals surface area contributed by atoms with Gasteiger partial charge in [0.2, 0.25) is 5.91 Å². The number of carbonyl (C=O) groups excluding carboxylic acids is 1. The van der Waals surface area contributed by atoms with Crippen LogP contribution in [0.3, 0.4) is 0 Å². The van der Waals surface area contributed by atoms with Crippen molar-refractivity contribution in [3.63, 3.8) is 0 Å². The Bertz CT molecular complexity index is 596. The Kier molecular flexibility index (Phi) is 5.32. The molecule has 0 fully saturated rings. The number of carbonyl (C=O) groups is 1. The van der Waals surface area contributed by atoms with Gasteiger partial charge in [-0.15, -0.1) is 0 Å². The van der Waals surface area contributed by atoms with Crippen LogP contribution < -0.4 is 10.6 Å². The van der Waals surface area contributed by atoms with Crippen molar-refractivity contribution in [3.05, 3.63) is 65.5 Å². The molecule has 0 spiro atoms. The molecule has 0 aromatic heterocycles. The lowest BCUT2D eigenvalue weighted by atomic mass is 10.1. The number of hydrogen-bond acceptors (Lipinski definition) is 2. The van der Waals surface area contributed by atoms with Gasteiger partial charge in [0, 0.05) is 12.2 Å². The van der Waals surface area contributed by atoms with Crippen molar-refractivity contribution in [2.75, 3.05) is 18.4 Å². The molecular weight excluding hydrogens is 267 g/mol. The Hall–Kier alpha value is -2.36. The van der Waals surface area contributed by atoms with Crippen LogP contribution in [0.5, 0.6) is 0 Å². The second-order valence-corrected chi connectivity index (χ2v) is 4.95. The molecule has 1 amide bonds. The smallest absolute Gasteiger partial charge is 0.239 e. The van der Waals surface area contributed by atoms with Crippen molar-refractivity contribution < 1.29 is 9.18 Å². The molecule has 0 bridgehead atoms. The van der Waals surface area contributed by atoms with Gasteiger partial charge in [-0.3, -0.25) is 4.79 Å². The van der Waals surface area contributed by atoms with Gasteiger partial charge in [0.05, 0.1) is 6.54 Å². The summed E-state index contributed by atoms with van der Waals surface area (Å²) in [6.07, 6.45) is 0.691. The SMILES string of the molecule is Cc1cccc(NCC(=O)NCCc2ccc(F)cc2)c1. The summed E-state index contributed by atoms with van der Waals surface area (Å²) in [5, 5.41) is 5.92. The highest BCUT2D eigenvalue weighted by Gasteiger charge is 2.01. The van der Waals surface area contributed by atoms with Crippen LogP contribution in [-0.2, 0) is 11.2 Å². The number of halogens is 1. The van der Waals surface area contributed by atoms with Gasteiger partial charge in [-0.05, 0) is 48.7 Å². The highest BCUT2D eigenvalue weighted by molar-refractivity contribution is 5.80. The van der Waals surface area contributed by atoms with Gasteiger partial charge in [0.25, 0.3) is 0 Å². The number of amides is 1. The van der Waals surface area contributed by atoms with Crippen molar-refractivity contribution in [1.29, 1.82) is 0 Å². The van der Waals surface area contributed by atoms with Crippen LogP contribution in [0.15, 0.2) is 48.5 Å². The molecule has 0 atom stereocenters. The van der Waals surface area contributed by atoms with Crippen molar-refractivity contribution in [1.82, 2.24) is 5.32 Å². The van der Waals surface area contributed by atoms with E-state index in [1.54, 1.807) is 12.1 Å². The van der Waals surface area contributed by atoms with Crippen molar-refractivity contribution in [2.45, 2.75) is 13.3 Å². The first-order chi connectivity index (χ1) is 10.1. The summed E-state index contributed by atoms with van der Waals surface area (Å²) < 4.78 is 12.7. The third kappa shape index (κ3) is 5.26. The zero-order valence-corrected chi connectivity index (χ0v) is 12.0. The van der Waals surface area contributed by atoms with Gasteiger partial charge >= 0.3 is 0 Å². The van der Waals surface area contributed by atoms with Crippen LogP contribution >= 0.6 is 0 Å². The van der Waals surface area contributed by atoms with Crippen molar-refractivity contribution in [3.8, 4) is 0 Å². The zero-order valence-electron chi connectivity index (χ0n) is 12.0. The summed E-state index contributed by atoms with van der Waals surface area (Å²) in [6.45, 7) is 2.79. The van der Waals surface area contributed by atoms with Crippen molar-refractivity contribution >= 4 is 11.6 Å². The van der Waals surface area contributed by atoms with E-state index in [4.69, 9.17) is 0 Å². The molecule has 0 aliphatic heterocycles. The molecule has 2 rings (SSSR count). The van der Waals surface area contributed by atoms with E-state index in [9.17, 15) is 9.18 Å². The van der Waals surface area contributed by atoms with Gasteiger partial charge in [-0.2, -0.15) is 0 Å². The molecule has 0 saturated carbocycles. The number of nitrogens with one attached hydrogen (secondary N) is 2. The van der Waals surface area contributed by atoms with E-state index in [0.29, 0.717) is 13.0 Å². The molecule has 2 aromatic carbocycles. The Morgan fingerprint density at radius 1 is 1.14 bits per heavy atom. The Morgan fingerprint density at radius 3 is 2.62 bits per heavy atom. The molecule has 0 radical (unpaired) electrons. The molecule has 0 heterocycles. The number of hydrogen-bond donors (Lipinski definition) is 2. The van der Waals surface area contributed by atoms with Crippen LogP contribution in [-0.4, -0.2) is 19.0 Å². The summed E-state index contributed by atoms with van der Waals surface area (Å²) >= 11 is 0. The molecule has 110 valence electrons. The molecule has 3 nitrogen and oxygen atoms in total.